The summed E-state index contributed by atoms with van der Waals surface area (Å²) in [5, 5.41) is 3.29. The quantitative estimate of drug-likeness (QED) is 0.636. The van der Waals surface area contributed by atoms with Crippen LogP contribution in [0.2, 0.25) is 5.02 Å². The summed E-state index contributed by atoms with van der Waals surface area (Å²) < 4.78 is 75.5. The van der Waals surface area contributed by atoms with Gasteiger partial charge in [-0.25, -0.2) is 12.8 Å². The van der Waals surface area contributed by atoms with E-state index in [9.17, 15) is 21.6 Å². The summed E-state index contributed by atoms with van der Waals surface area (Å²) in [4.78, 5) is -0.469. The number of nitrogens with one attached hydrogen (secondary N) is 1. The average molecular weight is 464 g/mol. The van der Waals surface area contributed by atoms with E-state index in [0.717, 1.165) is 31.0 Å². The first kappa shape index (κ1) is 22.9. The van der Waals surface area contributed by atoms with E-state index in [1.165, 1.54) is 12.1 Å². The molecule has 1 atom stereocenters. The Bertz CT molecular complexity index is 991. The Balaban J connectivity index is 1.97. The summed E-state index contributed by atoms with van der Waals surface area (Å²) in [5.41, 5.74) is 0.516. The van der Waals surface area contributed by atoms with Crippen molar-refractivity contribution in [1.82, 2.24) is 5.32 Å². The number of sulfone groups is 1. The van der Waals surface area contributed by atoms with Crippen molar-refractivity contribution in [2.45, 2.75) is 43.0 Å². The number of ether oxygens (including phenoxy) is 2. The number of alkyl halides is 2. The van der Waals surface area contributed by atoms with Crippen LogP contribution in [0.4, 0.5) is 13.2 Å². The van der Waals surface area contributed by atoms with Crippen LogP contribution in [0.5, 0.6) is 11.5 Å². The molecule has 1 N–H and O–H groups in total. The van der Waals surface area contributed by atoms with Crippen LogP contribution >= 0.6 is 11.6 Å². The Labute approximate surface area is 178 Å². The lowest BCUT2D eigenvalue weighted by molar-refractivity contribution is 0.0698. The molecule has 10 heteroatoms. The van der Waals surface area contributed by atoms with Crippen molar-refractivity contribution in [2.75, 3.05) is 13.2 Å². The van der Waals surface area contributed by atoms with Crippen LogP contribution in [0.1, 0.15) is 24.0 Å². The standard InChI is InChI=1S/C20H21ClF3NO4S/c1-12-17(10-25-15-3-2-6-28-11-15)19(30(26,27)20(23)24)5-4-18(12)29-16-8-13(21)7-14(22)9-16/h4-5,7-9,15,20,25H,2-3,6,10-11H2,1H3. The third kappa shape index (κ3) is 5.26. The fourth-order valence-corrected chi connectivity index (χ4v) is 4.50. The summed E-state index contributed by atoms with van der Waals surface area (Å²) in [7, 11) is -4.83. The van der Waals surface area contributed by atoms with E-state index in [0.29, 0.717) is 18.8 Å². The van der Waals surface area contributed by atoms with E-state index < -0.39 is 26.3 Å². The molecule has 0 bridgehead atoms. The van der Waals surface area contributed by atoms with Gasteiger partial charge in [-0.1, -0.05) is 11.6 Å². The van der Waals surface area contributed by atoms with Crippen LogP contribution in [0.3, 0.4) is 0 Å². The van der Waals surface area contributed by atoms with E-state index in [4.69, 9.17) is 21.1 Å². The predicted octanol–water partition coefficient (Wildman–Crippen LogP) is 4.84. The van der Waals surface area contributed by atoms with Gasteiger partial charge in [0.1, 0.15) is 17.3 Å². The highest BCUT2D eigenvalue weighted by Gasteiger charge is 2.31. The number of hydrogen-bond acceptors (Lipinski definition) is 5. The largest absolute Gasteiger partial charge is 0.457 e. The first-order valence-electron chi connectivity index (χ1n) is 9.28. The van der Waals surface area contributed by atoms with Crippen LogP contribution in [0, 0.1) is 12.7 Å². The Hall–Kier alpha value is -1.81. The zero-order chi connectivity index (χ0) is 21.9. The van der Waals surface area contributed by atoms with Gasteiger partial charge in [0.15, 0.2) is 0 Å². The molecule has 1 aliphatic heterocycles. The molecule has 0 aromatic heterocycles. The fourth-order valence-electron chi connectivity index (χ4n) is 3.27. The van der Waals surface area contributed by atoms with Gasteiger partial charge in [-0.2, -0.15) is 8.78 Å². The first-order chi connectivity index (χ1) is 14.2. The minimum Gasteiger partial charge on any atom is -0.457 e. The maximum absolute atomic E-state index is 13.6. The zero-order valence-corrected chi connectivity index (χ0v) is 17.7. The lowest BCUT2D eigenvalue weighted by atomic mass is 10.1. The van der Waals surface area contributed by atoms with E-state index in [1.807, 2.05) is 0 Å². The molecular weight excluding hydrogens is 443 g/mol. The second-order valence-corrected chi connectivity index (χ2v) is 9.30. The van der Waals surface area contributed by atoms with Crippen LogP contribution in [-0.2, 0) is 21.1 Å². The predicted molar refractivity (Wildman–Crippen MR) is 107 cm³/mol. The van der Waals surface area contributed by atoms with Gasteiger partial charge in [-0.05, 0) is 55.2 Å². The zero-order valence-electron chi connectivity index (χ0n) is 16.1. The van der Waals surface area contributed by atoms with Crippen molar-refractivity contribution in [1.29, 1.82) is 0 Å². The molecule has 2 aromatic rings. The normalized spacial score (nSPS) is 17.3. The van der Waals surface area contributed by atoms with Crippen LogP contribution in [0.15, 0.2) is 35.2 Å². The Morgan fingerprint density at radius 1 is 1.30 bits per heavy atom. The van der Waals surface area contributed by atoms with Crippen LogP contribution in [-0.4, -0.2) is 33.4 Å². The molecule has 0 radical (unpaired) electrons. The van der Waals surface area contributed by atoms with E-state index in [-0.39, 0.29) is 34.7 Å². The molecule has 0 amide bonds. The van der Waals surface area contributed by atoms with Crippen molar-refractivity contribution >= 4 is 21.4 Å². The van der Waals surface area contributed by atoms with Crippen LogP contribution < -0.4 is 10.1 Å². The lowest BCUT2D eigenvalue weighted by Gasteiger charge is -2.24. The summed E-state index contributed by atoms with van der Waals surface area (Å²) in [6.45, 7) is 2.70. The summed E-state index contributed by atoms with van der Waals surface area (Å²) in [5.74, 6) is -3.84. The minimum absolute atomic E-state index is 0.0214. The minimum atomic E-state index is -4.83. The molecule has 1 heterocycles. The molecule has 1 saturated heterocycles. The Morgan fingerprint density at radius 2 is 2.07 bits per heavy atom. The monoisotopic (exact) mass is 463 g/mol. The van der Waals surface area contributed by atoms with Gasteiger partial charge < -0.3 is 14.8 Å². The molecule has 3 rings (SSSR count). The third-order valence-electron chi connectivity index (χ3n) is 4.84. The lowest BCUT2D eigenvalue weighted by Crippen LogP contribution is -2.36. The van der Waals surface area contributed by atoms with Crippen molar-refractivity contribution in [2.24, 2.45) is 0 Å². The second-order valence-electron chi connectivity index (χ2n) is 6.97. The molecule has 0 aliphatic carbocycles. The first-order valence-corrected chi connectivity index (χ1v) is 11.2. The highest BCUT2D eigenvalue weighted by molar-refractivity contribution is 7.91. The number of rotatable bonds is 7. The van der Waals surface area contributed by atoms with E-state index >= 15 is 0 Å². The molecule has 1 fully saturated rings. The fraction of sp³-hybridized carbons (Fsp3) is 0.400. The van der Waals surface area contributed by atoms with Gasteiger partial charge in [0.05, 0.1) is 11.5 Å². The highest BCUT2D eigenvalue weighted by atomic mass is 35.5. The van der Waals surface area contributed by atoms with Crippen LogP contribution in [0.25, 0.3) is 0 Å². The maximum atomic E-state index is 13.6. The SMILES string of the molecule is Cc1c(Oc2cc(F)cc(Cl)c2)ccc(S(=O)(=O)C(F)F)c1CNC1CCCOC1. The maximum Gasteiger partial charge on any atom is 0.341 e. The molecule has 5 nitrogen and oxygen atoms in total. The van der Waals surface area contributed by atoms with Crippen molar-refractivity contribution in [3.05, 3.63) is 52.3 Å². The average Bonchev–Trinajstić information content (AvgIpc) is 2.68. The van der Waals surface area contributed by atoms with Crippen molar-refractivity contribution < 1.29 is 31.1 Å². The molecular formula is C20H21ClF3NO4S. The number of halogens is 4. The number of hydrogen-bond donors (Lipinski definition) is 1. The summed E-state index contributed by atoms with van der Waals surface area (Å²) in [6.07, 6.45) is 1.68. The van der Waals surface area contributed by atoms with Gasteiger partial charge in [0.25, 0.3) is 0 Å². The molecule has 0 saturated carbocycles. The smallest absolute Gasteiger partial charge is 0.341 e. The van der Waals surface area contributed by atoms with E-state index in [2.05, 4.69) is 5.32 Å². The van der Waals surface area contributed by atoms with Gasteiger partial charge in [0.2, 0.25) is 9.84 Å². The molecule has 1 unspecified atom stereocenters. The van der Waals surface area contributed by atoms with E-state index in [1.54, 1.807) is 6.92 Å². The molecule has 0 spiro atoms. The van der Waals surface area contributed by atoms with Gasteiger partial charge in [-0.15, -0.1) is 0 Å². The molecule has 164 valence electrons. The van der Waals surface area contributed by atoms with Gasteiger partial charge in [-0.3, -0.25) is 0 Å². The topological polar surface area (TPSA) is 64.6 Å². The van der Waals surface area contributed by atoms with Gasteiger partial charge >= 0.3 is 5.76 Å². The Kier molecular flexibility index (Phi) is 7.28. The second kappa shape index (κ2) is 9.55. The highest BCUT2D eigenvalue weighted by Crippen LogP contribution is 2.34. The van der Waals surface area contributed by atoms with Crippen molar-refractivity contribution in [3.63, 3.8) is 0 Å². The molecule has 1 aliphatic rings. The molecule has 30 heavy (non-hydrogen) atoms. The summed E-state index contributed by atoms with van der Waals surface area (Å²) >= 11 is 5.84. The summed E-state index contributed by atoms with van der Waals surface area (Å²) in [6, 6.07) is 5.96. The van der Waals surface area contributed by atoms with Gasteiger partial charge in [0, 0.05) is 30.3 Å². The molecule has 2 aromatic carbocycles. The van der Waals surface area contributed by atoms with Crippen molar-refractivity contribution in [3.8, 4) is 11.5 Å². The Morgan fingerprint density at radius 3 is 2.70 bits per heavy atom. The number of benzene rings is 2. The third-order valence-corrected chi connectivity index (χ3v) is 6.52.